The van der Waals surface area contributed by atoms with E-state index in [4.69, 9.17) is 5.26 Å². The first kappa shape index (κ1) is 11.3. The fraction of sp³-hybridized carbons (Fsp3) is 0.857. The van der Waals surface area contributed by atoms with Gasteiger partial charge in [0.25, 0.3) is 0 Å². The van der Waals surface area contributed by atoms with Crippen molar-refractivity contribution in [3.63, 3.8) is 0 Å². The van der Waals surface area contributed by atoms with Gasteiger partial charge in [0, 0.05) is 6.04 Å². The van der Waals surface area contributed by atoms with E-state index in [9.17, 15) is 0 Å². The van der Waals surface area contributed by atoms with Crippen LogP contribution in [-0.2, 0) is 0 Å². The SMILES string of the molecule is CC.CC(C)NCC#N. The summed E-state index contributed by atoms with van der Waals surface area (Å²) in [7, 11) is 0. The van der Waals surface area contributed by atoms with Gasteiger partial charge in [-0.15, -0.1) is 0 Å². The van der Waals surface area contributed by atoms with Gasteiger partial charge >= 0.3 is 0 Å². The highest BCUT2D eigenvalue weighted by atomic mass is 14.9. The van der Waals surface area contributed by atoms with Crippen LogP contribution in [0.2, 0.25) is 0 Å². The molecule has 0 fully saturated rings. The molecule has 0 aliphatic rings. The third-order valence-corrected chi connectivity index (χ3v) is 0.589. The van der Waals surface area contributed by atoms with Crippen LogP contribution in [0.5, 0.6) is 0 Å². The Bertz CT molecular complexity index is 71.5. The lowest BCUT2D eigenvalue weighted by Crippen LogP contribution is -2.22. The summed E-state index contributed by atoms with van der Waals surface area (Å²) in [6.07, 6.45) is 0. The lowest BCUT2D eigenvalue weighted by molar-refractivity contribution is 0.636. The van der Waals surface area contributed by atoms with Crippen molar-refractivity contribution in [2.75, 3.05) is 6.54 Å². The second kappa shape index (κ2) is 10.4. The van der Waals surface area contributed by atoms with E-state index in [0.717, 1.165) is 0 Å². The lowest BCUT2D eigenvalue weighted by Gasteiger charge is -1.99. The maximum absolute atomic E-state index is 8.00. The Morgan fingerprint density at radius 1 is 1.44 bits per heavy atom. The summed E-state index contributed by atoms with van der Waals surface area (Å²) in [6.45, 7) is 8.48. The van der Waals surface area contributed by atoms with Crippen LogP contribution < -0.4 is 5.32 Å². The molecular formula is C7H16N2. The van der Waals surface area contributed by atoms with Gasteiger partial charge in [-0.3, -0.25) is 0 Å². The summed E-state index contributed by atoms with van der Waals surface area (Å²) in [5.41, 5.74) is 0. The maximum atomic E-state index is 8.00. The van der Waals surface area contributed by atoms with Gasteiger partial charge in [0.2, 0.25) is 0 Å². The Morgan fingerprint density at radius 2 is 1.89 bits per heavy atom. The summed E-state index contributed by atoms with van der Waals surface area (Å²) in [5.74, 6) is 0. The molecule has 0 aliphatic heterocycles. The first-order valence-corrected chi connectivity index (χ1v) is 3.37. The molecule has 2 heteroatoms. The quantitative estimate of drug-likeness (QED) is 0.572. The fourth-order valence-corrected chi connectivity index (χ4v) is 0.250. The number of nitrogens with one attached hydrogen (secondary N) is 1. The monoisotopic (exact) mass is 128 g/mol. The van der Waals surface area contributed by atoms with E-state index >= 15 is 0 Å². The van der Waals surface area contributed by atoms with E-state index in [1.807, 2.05) is 33.8 Å². The third kappa shape index (κ3) is 18.6. The predicted molar refractivity (Wildman–Crippen MR) is 40.1 cm³/mol. The summed E-state index contributed by atoms with van der Waals surface area (Å²) in [4.78, 5) is 0. The Labute approximate surface area is 57.9 Å². The molecule has 2 nitrogen and oxygen atoms in total. The van der Waals surface area contributed by atoms with Gasteiger partial charge in [0.05, 0.1) is 12.6 Å². The Morgan fingerprint density at radius 3 is 2.00 bits per heavy atom. The van der Waals surface area contributed by atoms with E-state index < -0.39 is 0 Å². The van der Waals surface area contributed by atoms with Crippen LogP contribution >= 0.6 is 0 Å². The molecule has 0 saturated heterocycles. The van der Waals surface area contributed by atoms with Crippen molar-refractivity contribution in [2.24, 2.45) is 0 Å². The Hall–Kier alpha value is -0.550. The van der Waals surface area contributed by atoms with E-state index in [1.54, 1.807) is 0 Å². The second-order valence-corrected chi connectivity index (χ2v) is 1.69. The number of nitrogens with zero attached hydrogens (tertiary/aromatic N) is 1. The molecule has 9 heavy (non-hydrogen) atoms. The van der Waals surface area contributed by atoms with Crippen LogP contribution in [-0.4, -0.2) is 12.6 Å². The highest BCUT2D eigenvalue weighted by molar-refractivity contribution is 4.73. The average Bonchev–Trinajstić information content (AvgIpc) is 1.88. The van der Waals surface area contributed by atoms with Crippen molar-refractivity contribution in [1.82, 2.24) is 5.32 Å². The largest absolute Gasteiger partial charge is 0.302 e. The van der Waals surface area contributed by atoms with Crippen molar-refractivity contribution in [2.45, 2.75) is 33.7 Å². The van der Waals surface area contributed by atoms with Crippen molar-refractivity contribution in [3.05, 3.63) is 0 Å². The molecule has 0 aliphatic carbocycles. The molecule has 0 radical (unpaired) electrons. The maximum Gasteiger partial charge on any atom is 0.0842 e. The number of rotatable bonds is 2. The molecule has 0 atom stereocenters. The van der Waals surface area contributed by atoms with Gasteiger partial charge in [-0.2, -0.15) is 5.26 Å². The van der Waals surface area contributed by atoms with Crippen LogP contribution in [0.1, 0.15) is 27.7 Å². The molecule has 1 N–H and O–H groups in total. The highest BCUT2D eigenvalue weighted by Gasteiger charge is 1.85. The minimum Gasteiger partial charge on any atom is -0.302 e. The predicted octanol–water partition coefficient (Wildman–Crippen LogP) is 1.53. The minimum atomic E-state index is 0.430. The number of hydrogen-bond donors (Lipinski definition) is 1. The molecule has 0 unspecified atom stereocenters. The number of hydrogen-bond acceptors (Lipinski definition) is 2. The van der Waals surface area contributed by atoms with Gasteiger partial charge in [0.15, 0.2) is 0 Å². The zero-order valence-electron chi connectivity index (χ0n) is 6.73. The summed E-state index contributed by atoms with van der Waals surface area (Å²) in [5, 5.41) is 10.9. The summed E-state index contributed by atoms with van der Waals surface area (Å²) in [6, 6.07) is 2.42. The molecule has 0 aromatic carbocycles. The first-order valence-electron chi connectivity index (χ1n) is 3.37. The number of nitriles is 1. The van der Waals surface area contributed by atoms with Crippen molar-refractivity contribution >= 4 is 0 Å². The molecule has 0 amide bonds. The van der Waals surface area contributed by atoms with Crippen LogP contribution in [0.3, 0.4) is 0 Å². The van der Waals surface area contributed by atoms with Crippen LogP contribution in [0, 0.1) is 11.3 Å². The van der Waals surface area contributed by atoms with Crippen LogP contribution in [0.25, 0.3) is 0 Å². The van der Waals surface area contributed by atoms with Gasteiger partial charge in [0.1, 0.15) is 0 Å². The van der Waals surface area contributed by atoms with E-state index in [1.165, 1.54) is 0 Å². The smallest absolute Gasteiger partial charge is 0.0842 e. The average molecular weight is 128 g/mol. The standard InChI is InChI=1S/C5H10N2.C2H6/c1-5(2)7-4-3-6;1-2/h5,7H,4H2,1-2H3;1-2H3. The normalized spacial score (nSPS) is 7.56. The molecule has 0 aromatic heterocycles. The summed E-state index contributed by atoms with van der Waals surface area (Å²) < 4.78 is 0. The molecule has 0 bridgehead atoms. The van der Waals surface area contributed by atoms with Gasteiger partial charge in [-0.05, 0) is 13.8 Å². The molecule has 0 heterocycles. The Balaban J connectivity index is 0. The van der Waals surface area contributed by atoms with Gasteiger partial charge in [-0.25, -0.2) is 0 Å². The highest BCUT2D eigenvalue weighted by Crippen LogP contribution is 1.70. The Kier molecular flexibility index (Phi) is 13.1. The van der Waals surface area contributed by atoms with Crippen LogP contribution in [0.15, 0.2) is 0 Å². The van der Waals surface area contributed by atoms with Crippen molar-refractivity contribution in [3.8, 4) is 6.07 Å². The third-order valence-electron chi connectivity index (χ3n) is 0.589. The molecule has 0 aromatic rings. The van der Waals surface area contributed by atoms with E-state index in [-0.39, 0.29) is 0 Å². The fourth-order valence-electron chi connectivity index (χ4n) is 0.250. The van der Waals surface area contributed by atoms with E-state index in [2.05, 4.69) is 5.32 Å². The minimum absolute atomic E-state index is 0.430. The first-order chi connectivity index (χ1) is 4.27. The second-order valence-electron chi connectivity index (χ2n) is 1.69. The zero-order chi connectivity index (χ0) is 7.70. The van der Waals surface area contributed by atoms with Gasteiger partial charge in [-0.1, -0.05) is 13.8 Å². The van der Waals surface area contributed by atoms with Crippen molar-refractivity contribution < 1.29 is 0 Å². The molecule has 0 spiro atoms. The van der Waals surface area contributed by atoms with Crippen molar-refractivity contribution in [1.29, 1.82) is 5.26 Å². The van der Waals surface area contributed by atoms with Gasteiger partial charge < -0.3 is 5.32 Å². The molecular weight excluding hydrogens is 112 g/mol. The topological polar surface area (TPSA) is 35.8 Å². The molecule has 0 saturated carbocycles. The summed E-state index contributed by atoms with van der Waals surface area (Å²) >= 11 is 0. The zero-order valence-corrected chi connectivity index (χ0v) is 6.73. The van der Waals surface area contributed by atoms with E-state index in [0.29, 0.717) is 12.6 Å². The molecule has 54 valence electrons. The van der Waals surface area contributed by atoms with Crippen LogP contribution in [0.4, 0.5) is 0 Å². The lowest BCUT2D eigenvalue weighted by atomic mass is 10.4. The molecule has 0 rings (SSSR count).